The molecule has 0 bridgehead atoms. The molecule has 0 spiro atoms. The fourth-order valence-electron chi connectivity index (χ4n) is 2.99. The summed E-state index contributed by atoms with van der Waals surface area (Å²) in [7, 11) is -3.90. The number of allylic oxidation sites excluding steroid dienone is 1. The highest BCUT2D eigenvalue weighted by atomic mass is 32.2. The summed E-state index contributed by atoms with van der Waals surface area (Å²) >= 11 is 0. The molecule has 3 rings (SSSR count). The van der Waals surface area contributed by atoms with Crippen molar-refractivity contribution in [1.29, 1.82) is 0 Å². The molecule has 1 aliphatic rings. The number of fused-ring (bicyclic) bond motifs is 1. The molecule has 1 aliphatic heterocycles. The van der Waals surface area contributed by atoms with Crippen LogP contribution in [-0.2, 0) is 10.0 Å². The van der Waals surface area contributed by atoms with E-state index >= 15 is 0 Å². The number of benzene rings is 2. The van der Waals surface area contributed by atoms with Gasteiger partial charge in [0, 0.05) is 5.56 Å². The van der Waals surface area contributed by atoms with Gasteiger partial charge in [-0.2, -0.15) is 0 Å². The molecule has 0 aromatic heterocycles. The number of carbonyl (C=O) groups excluding carboxylic acids is 1. The predicted molar refractivity (Wildman–Crippen MR) is 98.8 cm³/mol. The number of amides is 1. The summed E-state index contributed by atoms with van der Waals surface area (Å²) in [5.41, 5.74) is 5.16. The maximum absolute atomic E-state index is 13.0. The number of carbonyl (C=O) groups is 1. The van der Waals surface area contributed by atoms with Crippen LogP contribution in [0, 0.1) is 13.8 Å². The molecule has 0 unspecified atom stereocenters. The second kappa shape index (κ2) is 6.15. The number of hydrogen-bond donors (Lipinski definition) is 0. The Morgan fingerprint density at radius 2 is 1.52 bits per heavy atom. The van der Waals surface area contributed by atoms with E-state index in [1.165, 1.54) is 0 Å². The lowest BCUT2D eigenvalue weighted by molar-refractivity contribution is 0.0867. The van der Waals surface area contributed by atoms with Crippen molar-refractivity contribution in [2.24, 2.45) is 0 Å². The molecule has 2 aromatic rings. The topological polar surface area (TPSA) is 54.5 Å². The molecule has 2 aromatic carbocycles. The molecule has 4 nitrogen and oxygen atoms in total. The van der Waals surface area contributed by atoms with E-state index < -0.39 is 15.9 Å². The van der Waals surface area contributed by atoms with Crippen molar-refractivity contribution in [3.05, 3.63) is 70.3 Å². The minimum atomic E-state index is -3.90. The Kier molecular flexibility index (Phi) is 4.29. The van der Waals surface area contributed by atoms with E-state index in [1.54, 1.807) is 30.3 Å². The molecule has 0 saturated carbocycles. The van der Waals surface area contributed by atoms with Gasteiger partial charge in [0.2, 0.25) is 0 Å². The molecule has 0 fully saturated rings. The van der Waals surface area contributed by atoms with Crippen LogP contribution in [0.2, 0.25) is 0 Å². The molecule has 25 heavy (non-hydrogen) atoms. The highest BCUT2D eigenvalue weighted by molar-refractivity contribution is 7.89. The Labute approximate surface area is 148 Å². The lowest BCUT2D eigenvalue weighted by Gasteiger charge is -2.31. The number of sulfonamides is 1. The Balaban J connectivity index is 2.16. The zero-order chi connectivity index (χ0) is 18.4. The molecule has 1 amide bonds. The second-order valence-corrected chi connectivity index (χ2v) is 8.52. The van der Waals surface area contributed by atoms with E-state index in [0.29, 0.717) is 5.56 Å². The van der Waals surface area contributed by atoms with E-state index in [0.717, 1.165) is 32.1 Å². The summed E-state index contributed by atoms with van der Waals surface area (Å²) < 4.78 is 27.1. The third kappa shape index (κ3) is 3.00. The van der Waals surface area contributed by atoms with Gasteiger partial charge >= 0.3 is 0 Å². The minimum absolute atomic E-state index is 0.0633. The molecule has 0 radical (unpaired) electrons. The summed E-state index contributed by atoms with van der Waals surface area (Å²) in [4.78, 5) is 13.0. The fraction of sp³-hybridized carbons (Fsp3) is 0.250. The fourth-order valence-corrected chi connectivity index (χ4v) is 4.34. The first kappa shape index (κ1) is 17.4. The standard InChI is InChI=1S/C20H21NO3S/c1-13(2)19-12-21(20(22)17-10-7-15(4)11-18(17)19)25(23,24)16-8-5-14(3)6-9-16/h5-11H,12H2,1-4H3. The lowest BCUT2D eigenvalue weighted by atomic mass is 9.91. The third-order valence-electron chi connectivity index (χ3n) is 4.47. The van der Waals surface area contributed by atoms with E-state index in [-0.39, 0.29) is 11.4 Å². The zero-order valence-corrected chi connectivity index (χ0v) is 15.6. The van der Waals surface area contributed by atoms with E-state index in [4.69, 9.17) is 0 Å². The molecule has 0 saturated heterocycles. The summed E-state index contributed by atoms with van der Waals surface area (Å²) in [6.07, 6.45) is 0. The maximum atomic E-state index is 13.0. The average Bonchev–Trinajstić information content (AvgIpc) is 2.54. The molecule has 0 aliphatic carbocycles. The third-order valence-corrected chi connectivity index (χ3v) is 6.21. The van der Waals surface area contributed by atoms with Crippen molar-refractivity contribution in [3.63, 3.8) is 0 Å². The Morgan fingerprint density at radius 3 is 2.12 bits per heavy atom. The maximum Gasteiger partial charge on any atom is 0.268 e. The lowest BCUT2D eigenvalue weighted by Crippen LogP contribution is -2.41. The number of aryl methyl sites for hydroxylation is 2. The van der Waals surface area contributed by atoms with Crippen molar-refractivity contribution < 1.29 is 13.2 Å². The SMILES string of the molecule is CC(C)=C1CN(S(=O)(=O)c2ccc(C)cc2)C(=O)c2ccc(C)cc21. The van der Waals surface area contributed by atoms with Crippen molar-refractivity contribution in [3.8, 4) is 0 Å². The quantitative estimate of drug-likeness (QED) is 0.820. The van der Waals surface area contributed by atoms with E-state index in [9.17, 15) is 13.2 Å². The van der Waals surface area contributed by atoms with Crippen LogP contribution in [-0.4, -0.2) is 25.2 Å². The van der Waals surface area contributed by atoms with Crippen LogP contribution >= 0.6 is 0 Å². The minimum Gasteiger partial charge on any atom is -0.268 e. The number of hydrogen-bond acceptors (Lipinski definition) is 3. The van der Waals surface area contributed by atoms with Crippen molar-refractivity contribution in [2.45, 2.75) is 32.6 Å². The predicted octanol–water partition coefficient (Wildman–Crippen LogP) is 3.94. The van der Waals surface area contributed by atoms with E-state index in [2.05, 4.69) is 0 Å². The first-order valence-electron chi connectivity index (χ1n) is 8.13. The molecule has 130 valence electrons. The highest BCUT2D eigenvalue weighted by Crippen LogP contribution is 2.33. The first-order valence-corrected chi connectivity index (χ1v) is 9.57. The van der Waals surface area contributed by atoms with Gasteiger partial charge < -0.3 is 0 Å². The summed E-state index contributed by atoms with van der Waals surface area (Å²) in [5, 5.41) is 0. The van der Waals surface area contributed by atoms with Crippen molar-refractivity contribution >= 4 is 21.5 Å². The molecule has 5 heteroatoms. The van der Waals surface area contributed by atoms with Crippen LogP contribution in [0.15, 0.2) is 52.9 Å². The smallest absolute Gasteiger partial charge is 0.268 e. The van der Waals surface area contributed by atoms with Gasteiger partial charge in [0.1, 0.15) is 0 Å². The van der Waals surface area contributed by atoms with Gasteiger partial charge in [0.05, 0.1) is 11.4 Å². The first-order chi connectivity index (χ1) is 11.7. The molecule has 1 heterocycles. The van der Waals surface area contributed by atoms with Crippen LogP contribution in [0.4, 0.5) is 0 Å². The monoisotopic (exact) mass is 355 g/mol. The van der Waals surface area contributed by atoms with Crippen LogP contribution in [0.5, 0.6) is 0 Å². The summed E-state index contributed by atoms with van der Waals surface area (Å²) in [6, 6.07) is 12.1. The van der Waals surface area contributed by atoms with Crippen LogP contribution in [0.3, 0.4) is 0 Å². The van der Waals surface area contributed by atoms with Gasteiger partial charge in [0.25, 0.3) is 15.9 Å². The van der Waals surface area contributed by atoms with Gasteiger partial charge in [-0.1, -0.05) is 41.0 Å². The van der Waals surface area contributed by atoms with E-state index in [1.807, 2.05) is 39.8 Å². The summed E-state index contributed by atoms with van der Waals surface area (Å²) in [6.45, 7) is 7.79. The largest absolute Gasteiger partial charge is 0.268 e. The van der Waals surface area contributed by atoms with Gasteiger partial charge in [0.15, 0.2) is 0 Å². The van der Waals surface area contributed by atoms with Crippen LogP contribution in [0.1, 0.15) is 40.9 Å². The summed E-state index contributed by atoms with van der Waals surface area (Å²) in [5.74, 6) is -0.472. The van der Waals surface area contributed by atoms with Crippen molar-refractivity contribution in [2.75, 3.05) is 6.54 Å². The Hall–Kier alpha value is -2.40. The van der Waals surface area contributed by atoms with Crippen LogP contribution < -0.4 is 0 Å². The molecule has 0 atom stereocenters. The van der Waals surface area contributed by atoms with Crippen molar-refractivity contribution in [1.82, 2.24) is 4.31 Å². The molecular weight excluding hydrogens is 334 g/mol. The van der Waals surface area contributed by atoms with Gasteiger partial charge in [-0.3, -0.25) is 4.79 Å². The van der Waals surface area contributed by atoms with Gasteiger partial charge in [-0.05, 0) is 57.0 Å². The zero-order valence-electron chi connectivity index (χ0n) is 14.8. The van der Waals surface area contributed by atoms with Gasteiger partial charge in [-0.15, -0.1) is 0 Å². The number of rotatable bonds is 2. The Morgan fingerprint density at radius 1 is 0.920 bits per heavy atom. The average molecular weight is 355 g/mol. The highest BCUT2D eigenvalue weighted by Gasteiger charge is 2.36. The normalized spacial score (nSPS) is 14.5. The number of nitrogens with zero attached hydrogens (tertiary/aromatic N) is 1. The van der Waals surface area contributed by atoms with Gasteiger partial charge in [-0.25, -0.2) is 12.7 Å². The van der Waals surface area contributed by atoms with Crippen LogP contribution in [0.25, 0.3) is 5.57 Å². The second-order valence-electron chi connectivity index (χ2n) is 6.66. The molecule has 0 N–H and O–H groups in total. The molecular formula is C20H21NO3S. The Bertz CT molecular complexity index is 982.